The summed E-state index contributed by atoms with van der Waals surface area (Å²) in [6.07, 6.45) is 2.38. The quantitative estimate of drug-likeness (QED) is 0.777. The normalized spacial score (nSPS) is 21.0. The lowest BCUT2D eigenvalue weighted by Crippen LogP contribution is -3.09. The number of quaternary nitrogens is 1. The van der Waals surface area contributed by atoms with E-state index in [1.165, 1.54) is 26.9 Å². The van der Waals surface area contributed by atoms with E-state index in [2.05, 4.69) is 22.6 Å². The van der Waals surface area contributed by atoms with Crippen molar-refractivity contribution in [2.45, 2.75) is 58.1 Å². The van der Waals surface area contributed by atoms with Gasteiger partial charge >= 0.3 is 0 Å². The maximum absolute atomic E-state index is 13.0. The minimum absolute atomic E-state index is 0.382. The molecule has 2 aromatic heterocycles. The van der Waals surface area contributed by atoms with Crippen molar-refractivity contribution < 1.29 is 13.3 Å². The summed E-state index contributed by atoms with van der Waals surface area (Å²) in [6, 6.07) is 4.80. The maximum Gasteiger partial charge on any atom is 0.246 e. The summed E-state index contributed by atoms with van der Waals surface area (Å²) in [5.41, 5.74) is 1.35. The first-order chi connectivity index (χ1) is 12.4. The van der Waals surface area contributed by atoms with Gasteiger partial charge in [-0.15, -0.1) is 11.3 Å². The number of nitrogens with zero attached hydrogens (tertiary/aromatic N) is 3. The summed E-state index contributed by atoms with van der Waals surface area (Å²) < 4.78 is 29.4. The summed E-state index contributed by atoms with van der Waals surface area (Å²) in [4.78, 5) is 3.26. The number of sulfonamides is 1. The number of likely N-dealkylation sites (tertiary alicyclic amines) is 1. The van der Waals surface area contributed by atoms with Crippen LogP contribution in [0.5, 0.6) is 0 Å². The Balaban J connectivity index is 1.89. The Morgan fingerprint density at radius 2 is 2.08 bits per heavy atom. The van der Waals surface area contributed by atoms with Gasteiger partial charge < -0.3 is 4.90 Å². The number of nitrogens with one attached hydrogen (secondary N) is 1. The molecule has 1 unspecified atom stereocenters. The highest BCUT2D eigenvalue weighted by molar-refractivity contribution is 7.89. The molecule has 1 N–H and O–H groups in total. The Morgan fingerprint density at radius 3 is 2.69 bits per heavy atom. The molecule has 3 heterocycles. The van der Waals surface area contributed by atoms with Crippen LogP contribution in [0, 0.1) is 13.8 Å². The Morgan fingerprint density at radius 1 is 1.35 bits per heavy atom. The molecule has 6 nitrogen and oxygen atoms in total. The highest BCUT2D eigenvalue weighted by Gasteiger charge is 2.34. The largest absolute Gasteiger partial charge is 0.310 e. The van der Waals surface area contributed by atoms with Gasteiger partial charge in [-0.2, -0.15) is 9.40 Å². The standard InChI is InChI=1S/C18H28N4O2S2/c1-5-21(6-2)26(23,24)18-14(3)19-22(15(18)4)13-20-11-7-9-16(20)17-10-8-12-25-17/h8,10,12,16H,5-7,9,11,13H2,1-4H3/p+1/t16-/m0/s1. The summed E-state index contributed by atoms with van der Waals surface area (Å²) in [6.45, 7) is 10.2. The molecule has 8 heteroatoms. The van der Waals surface area contributed by atoms with Gasteiger partial charge in [-0.1, -0.05) is 19.9 Å². The molecule has 0 aliphatic carbocycles. The summed E-state index contributed by atoms with van der Waals surface area (Å²) in [7, 11) is -3.49. The van der Waals surface area contributed by atoms with E-state index in [1.54, 1.807) is 6.92 Å². The lowest BCUT2D eigenvalue weighted by atomic mass is 10.2. The van der Waals surface area contributed by atoms with Crippen LogP contribution < -0.4 is 4.90 Å². The van der Waals surface area contributed by atoms with Crippen LogP contribution in [0.4, 0.5) is 0 Å². The van der Waals surface area contributed by atoms with Gasteiger partial charge in [0.15, 0.2) is 6.67 Å². The van der Waals surface area contributed by atoms with Crippen LogP contribution >= 0.6 is 11.3 Å². The molecule has 1 saturated heterocycles. The van der Waals surface area contributed by atoms with Crippen LogP contribution in [0.15, 0.2) is 22.4 Å². The van der Waals surface area contributed by atoms with Crippen molar-refractivity contribution in [2.75, 3.05) is 19.6 Å². The summed E-state index contributed by atoms with van der Waals surface area (Å²) in [5, 5.41) is 6.73. The van der Waals surface area contributed by atoms with Crippen molar-refractivity contribution in [1.82, 2.24) is 14.1 Å². The van der Waals surface area contributed by atoms with Crippen molar-refractivity contribution in [3.63, 3.8) is 0 Å². The van der Waals surface area contributed by atoms with E-state index < -0.39 is 10.0 Å². The Hall–Kier alpha value is -1.22. The Bertz CT molecular complexity index is 839. The van der Waals surface area contributed by atoms with Gasteiger partial charge in [0.25, 0.3) is 0 Å². The highest BCUT2D eigenvalue weighted by Crippen LogP contribution is 2.25. The second-order valence-corrected chi connectivity index (χ2v) is 9.72. The minimum atomic E-state index is -3.49. The molecule has 0 bridgehead atoms. The first-order valence-electron chi connectivity index (χ1n) is 9.32. The fourth-order valence-corrected chi connectivity index (χ4v) is 6.78. The van der Waals surface area contributed by atoms with Crippen LogP contribution in [0.2, 0.25) is 0 Å². The van der Waals surface area contributed by atoms with Gasteiger partial charge in [0.1, 0.15) is 10.9 Å². The second-order valence-electron chi connectivity index (χ2n) is 6.87. The van der Waals surface area contributed by atoms with Crippen LogP contribution in [-0.4, -0.2) is 42.1 Å². The molecule has 144 valence electrons. The third-order valence-corrected chi connectivity index (χ3v) is 8.63. The van der Waals surface area contributed by atoms with Crippen LogP contribution in [0.25, 0.3) is 0 Å². The van der Waals surface area contributed by atoms with Crippen molar-refractivity contribution in [1.29, 1.82) is 0 Å². The van der Waals surface area contributed by atoms with Gasteiger partial charge in [-0.3, -0.25) is 0 Å². The molecular weight excluding hydrogens is 368 g/mol. The third kappa shape index (κ3) is 3.47. The first-order valence-corrected chi connectivity index (χ1v) is 11.6. The molecule has 0 saturated carbocycles. The van der Waals surface area contributed by atoms with E-state index in [4.69, 9.17) is 0 Å². The lowest BCUT2D eigenvalue weighted by Gasteiger charge is -2.21. The zero-order valence-corrected chi connectivity index (χ0v) is 17.7. The maximum atomic E-state index is 13.0. The van der Waals surface area contributed by atoms with E-state index >= 15 is 0 Å². The fourth-order valence-electron chi connectivity index (χ4n) is 4.03. The molecule has 1 fully saturated rings. The zero-order valence-electron chi connectivity index (χ0n) is 16.0. The first kappa shape index (κ1) is 19.5. The van der Waals surface area contributed by atoms with E-state index in [9.17, 15) is 8.42 Å². The fraction of sp³-hybridized carbons (Fsp3) is 0.611. The van der Waals surface area contributed by atoms with Gasteiger partial charge in [0.2, 0.25) is 10.0 Å². The number of hydrogen-bond donors (Lipinski definition) is 1. The SMILES string of the molecule is CCN(CC)S(=O)(=O)c1c(C)nn(C[NH+]2CCC[C@H]2c2cccs2)c1C. The molecular formula is C18H29N4O2S2+. The van der Waals surface area contributed by atoms with Gasteiger partial charge in [-0.25, -0.2) is 13.1 Å². The smallest absolute Gasteiger partial charge is 0.246 e. The molecule has 0 aromatic carbocycles. The molecule has 26 heavy (non-hydrogen) atoms. The van der Waals surface area contributed by atoms with Crippen molar-refractivity contribution in [3.8, 4) is 0 Å². The molecule has 1 aliphatic rings. The van der Waals surface area contributed by atoms with Crippen LogP contribution in [-0.2, 0) is 16.7 Å². The van der Waals surface area contributed by atoms with Crippen molar-refractivity contribution in [2.24, 2.45) is 0 Å². The Labute approximate surface area is 160 Å². The molecule has 2 aromatic rings. The number of hydrogen-bond acceptors (Lipinski definition) is 4. The minimum Gasteiger partial charge on any atom is -0.310 e. The summed E-state index contributed by atoms with van der Waals surface area (Å²) >= 11 is 1.81. The van der Waals surface area contributed by atoms with E-state index in [0.29, 0.717) is 36.4 Å². The van der Waals surface area contributed by atoms with Gasteiger partial charge in [-0.05, 0) is 25.3 Å². The molecule has 2 atom stereocenters. The predicted octanol–water partition coefficient (Wildman–Crippen LogP) is 1.97. The number of aromatic nitrogens is 2. The monoisotopic (exact) mass is 397 g/mol. The Kier molecular flexibility index (Phi) is 5.86. The van der Waals surface area contributed by atoms with E-state index in [-0.39, 0.29) is 0 Å². The molecule has 3 rings (SSSR count). The van der Waals surface area contributed by atoms with Crippen LogP contribution in [0.1, 0.15) is 49.0 Å². The van der Waals surface area contributed by atoms with Gasteiger partial charge in [0.05, 0.1) is 22.8 Å². The predicted molar refractivity (Wildman–Crippen MR) is 104 cm³/mol. The molecule has 0 amide bonds. The van der Waals surface area contributed by atoms with Crippen molar-refractivity contribution >= 4 is 21.4 Å². The summed E-state index contributed by atoms with van der Waals surface area (Å²) in [5.74, 6) is 0. The average Bonchev–Trinajstić information content (AvgIpc) is 3.30. The third-order valence-electron chi connectivity index (χ3n) is 5.34. The molecule has 0 radical (unpaired) electrons. The van der Waals surface area contributed by atoms with E-state index in [0.717, 1.165) is 12.2 Å². The number of aryl methyl sites for hydroxylation is 1. The van der Waals surface area contributed by atoms with E-state index in [1.807, 2.05) is 36.8 Å². The second kappa shape index (κ2) is 7.80. The number of rotatable bonds is 7. The average molecular weight is 398 g/mol. The van der Waals surface area contributed by atoms with Crippen LogP contribution in [0.3, 0.4) is 0 Å². The lowest BCUT2D eigenvalue weighted by molar-refractivity contribution is -0.941. The highest BCUT2D eigenvalue weighted by atomic mass is 32.2. The molecule has 1 aliphatic heterocycles. The van der Waals surface area contributed by atoms with Gasteiger partial charge in [0, 0.05) is 25.9 Å². The topological polar surface area (TPSA) is 59.6 Å². The zero-order chi connectivity index (χ0) is 18.9. The number of thiophene rings is 1. The van der Waals surface area contributed by atoms with Crippen molar-refractivity contribution in [3.05, 3.63) is 33.8 Å². The molecule has 0 spiro atoms.